The molecule has 0 aromatic rings. The minimum Gasteiger partial charge on any atom is -0.479 e. The van der Waals surface area contributed by atoms with Gasteiger partial charge < -0.3 is 39.0 Å². The van der Waals surface area contributed by atoms with Gasteiger partial charge in [-0.25, -0.2) is 4.79 Å². The maximum absolute atomic E-state index is 13.1. The Kier molecular flexibility index (Phi) is 45.9. The Morgan fingerprint density at radius 2 is 0.863 bits per heavy atom. The topological polar surface area (TPSA) is 175 Å². The van der Waals surface area contributed by atoms with Gasteiger partial charge in [0.05, 0.1) is 6.61 Å². The lowest BCUT2D eigenvalue weighted by Crippen LogP contribution is -2.61. The second kappa shape index (κ2) is 49.6. The van der Waals surface area contributed by atoms with Crippen LogP contribution in [0.3, 0.4) is 0 Å². The number of hydrogen-bond acceptors (Lipinski definition) is 11. The van der Waals surface area contributed by atoms with Crippen LogP contribution in [0.25, 0.3) is 0 Å². The molecule has 0 aromatic heterocycles. The summed E-state index contributed by atoms with van der Waals surface area (Å²) in [5, 5.41) is 31.5. The van der Waals surface area contributed by atoms with Crippen LogP contribution in [-0.4, -0.2) is 89.2 Å². The molecule has 422 valence electrons. The number of rotatable bonds is 50. The zero-order valence-corrected chi connectivity index (χ0v) is 46.4. The molecule has 1 rings (SSSR count). The van der Waals surface area contributed by atoms with Crippen LogP contribution in [-0.2, 0) is 42.9 Å². The normalized spacial score (nSPS) is 18.6. The first-order valence-corrected chi connectivity index (χ1v) is 29.6. The summed E-state index contributed by atoms with van der Waals surface area (Å²) in [6.07, 6.45) is 46.5. The lowest BCUT2D eigenvalue weighted by molar-refractivity contribution is -0.301. The highest BCUT2D eigenvalue weighted by Gasteiger charge is 2.50. The minimum atomic E-state index is -1.91. The maximum atomic E-state index is 13.1. The lowest BCUT2D eigenvalue weighted by atomic mass is 9.98. The molecule has 73 heavy (non-hydrogen) atoms. The van der Waals surface area contributed by atoms with E-state index in [-0.39, 0.29) is 25.9 Å². The van der Waals surface area contributed by atoms with Crippen LogP contribution < -0.4 is 0 Å². The van der Waals surface area contributed by atoms with E-state index >= 15 is 0 Å². The summed E-state index contributed by atoms with van der Waals surface area (Å²) in [6.45, 7) is 5.88. The van der Waals surface area contributed by atoms with E-state index in [0.717, 1.165) is 103 Å². The fourth-order valence-corrected chi connectivity index (χ4v) is 8.89. The van der Waals surface area contributed by atoms with Crippen molar-refractivity contribution in [3.63, 3.8) is 0 Å². The first-order chi connectivity index (χ1) is 35.6. The highest BCUT2D eigenvalue weighted by atomic mass is 16.7. The monoisotopic (exact) mass is 1030 g/mol. The van der Waals surface area contributed by atoms with Gasteiger partial charge in [0.1, 0.15) is 18.8 Å². The van der Waals surface area contributed by atoms with Crippen LogP contribution in [0.15, 0.2) is 48.6 Å². The Hall–Kier alpha value is -3.32. The average Bonchev–Trinajstić information content (AvgIpc) is 3.37. The van der Waals surface area contributed by atoms with Crippen molar-refractivity contribution in [2.24, 2.45) is 0 Å². The summed E-state index contributed by atoms with van der Waals surface area (Å²) < 4.78 is 28.4. The van der Waals surface area contributed by atoms with Crippen LogP contribution in [0, 0.1) is 0 Å². The molecule has 0 aromatic carbocycles. The summed E-state index contributed by atoms with van der Waals surface area (Å²) >= 11 is 0. The number of allylic oxidation sites excluding steroid dienone is 8. The lowest BCUT2D eigenvalue weighted by Gasteiger charge is -2.40. The van der Waals surface area contributed by atoms with E-state index < -0.39 is 67.3 Å². The van der Waals surface area contributed by atoms with Crippen LogP contribution in [0.2, 0.25) is 0 Å². The molecule has 0 amide bonds. The summed E-state index contributed by atoms with van der Waals surface area (Å²) in [5.74, 6) is -3.12. The largest absolute Gasteiger partial charge is 0.479 e. The quantitative estimate of drug-likeness (QED) is 0.0228. The Morgan fingerprint density at radius 3 is 1.32 bits per heavy atom. The van der Waals surface area contributed by atoms with Crippen molar-refractivity contribution in [2.45, 2.75) is 302 Å². The van der Waals surface area contributed by atoms with Crippen LogP contribution in [0.1, 0.15) is 265 Å². The molecule has 1 saturated heterocycles. The molecule has 1 aliphatic rings. The van der Waals surface area contributed by atoms with E-state index in [1.807, 2.05) is 0 Å². The van der Waals surface area contributed by atoms with E-state index in [2.05, 4.69) is 69.4 Å². The molecule has 3 N–H and O–H groups in total. The van der Waals surface area contributed by atoms with Gasteiger partial charge in [0.2, 0.25) is 0 Å². The van der Waals surface area contributed by atoms with Crippen LogP contribution >= 0.6 is 0 Å². The number of ether oxygens (including phenoxy) is 5. The standard InChI is InChI=1S/C61H106O12/c1-4-7-10-13-16-19-22-24-25-26-27-28-29-31-34-37-40-43-46-49-55(64)72-59-57(66)56(65)58(60(67)68)73-61(59)70-51-52(71-54(63)48-45-42-39-36-32-21-18-15-12-9-6-3)50-69-53(62)47-44-41-38-35-33-30-23-20-17-14-11-8-5-2/h7,10,16,19,24-25,27-28,52,56-59,61,65-66H,4-6,8-9,11-15,17-18,20-23,26,29-51H2,1-3H3,(H,67,68)/b10-7-,19-16-,25-24-,28-27-. The van der Waals surface area contributed by atoms with Crippen molar-refractivity contribution in [1.82, 2.24) is 0 Å². The van der Waals surface area contributed by atoms with E-state index in [1.165, 1.54) is 103 Å². The van der Waals surface area contributed by atoms with Gasteiger partial charge in [-0.2, -0.15) is 0 Å². The molecule has 0 aliphatic carbocycles. The van der Waals surface area contributed by atoms with Crippen molar-refractivity contribution < 1.29 is 58.2 Å². The highest BCUT2D eigenvalue weighted by molar-refractivity contribution is 5.74. The molecule has 1 heterocycles. The third-order valence-corrected chi connectivity index (χ3v) is 13.4. The van der Waals surface area contributed by atoms with Gasteiger partial charge in [0, 0.05) is 19.3 Å². The first-order valence-electron chi connectivity index (χ1n) is 29.6. The molecule has 12 nitrogen and oxygen atoms in total. The van der Waals surface area contributed by atoms with Crippen molar-refractivity contribution in [2.75, 3.05) is 13.2 Å². The molecule has 1 fully saturated rings. The van der Waals surface area contributed by atoms with E-state index in [1.54, 1.807) is 0 Å². The summed E-state index contributed by atoms with van der Waals surface area (Å²) in [6, 6.07) is 0. The SMILES string of the molecule is CC/C=C\C/C=C\C/C=C\C/C=C\CCCCCCCCC(=O)OC1C(OCC(COC(=O)CCCCCCCCCCCCCCC)OC(=O)CCCCCCCCCCCCC)OC(C(=O)O)C(O)C1O. The summed E-state index contributed by atoms with van der Waals surface area (Å²) in [4.78, 5) is 51.0. The molecule has 6 unspecified atom stereocenters. The number of carboxylic acid groups (broad SMARTS) is 1. The van der Waals surface area contributed by atoms with Gasteiger partial charge >= 0.3 is 23.9 Å². The number of carboxylic acids is 1. The van der Waals surface area contributed by atoms with Gasteiger partial charge in [-0.3, -0.25) is 14.4 Å². The number of esters is 3. The number of aliphatic hydroxyl groups excluding tert-OH is 2. The molecule has 1 aliphatic heterocycles. The van der Waals surface area contributed by atoms with E-state index in [0.29, 0.717) is 19.3 Å². The van der Waals surface area contributed by atoms with Gasteiger partial charge in [-0.15, -0.1) is 0 Å². The Labute approximate surface area is 443 Å². The second-order valence-electron chi connectivity index (χ2n) is 20.3. The van der Waals surface area contributed by atoms with E-state index in [4.69, 9.17) is 23.7 Å². The summed E-state index contributed by atoms with van der Waals surface area (Å²) in [7, 11) is 0. The third-order valence-electron chi connectivity index (χ3n) is 13.4. The van der Waals surface area contributed by atoms with Crippen molar-refractivity contribution >= 4 is 23.9 Å². The average molecular weight is 1030 g/mol. The molecule has 0 bridgehead atoms. The Morgan fingerprint density at radius 1 is 0.466 bits per heavy atom. The zero-order valence-electron chi connectivity index (χ0n) is 46.4. The molecule has 12 heteroatoms. The van der Waals surface area contributed by atoms with Gasteiger partial charge in [0.15, 0.2) is 24.6 Å². The Bertz CT molecular complexity index is 1460. The highest BCUT2D eigenvalue weighted by Crippen LogP contribution is 2.26. The predicted molar refractivity (Wildman–Crippen MR) is 294 cm³/mol. The van der Waals surface area contributed by atoms with Crippen molar-refractivity contribution in [3.05, 3.63) is 48.6 Å². The number of unbranched alkanes of at least 4 members (excludes halogenated alkanes) is 28. The number of carbonyl (C=O) groups excluding carboxylic acids is 3. The number of carbonyl (C=O) groups is 4. The maximum Gasteiger partial charge on any atom is 0.335 e. The zero-order chi connectivity index (χ0) is 53.3. The Balaban J connectivity index is 2.66. The fourth-order valence-electron chi connectivity index (χ4n) is 8.89. The van der Waals surface area contributed by atoms with Crippen molar-refractivity contribution in [1.29, 1.82) is 0 Å². The molecular formula is C61H106O12. The molecule has 6 atom stereocenters. The van der Waals surface area contributed by atoms with Crippen LogP contribution in [0.5, 0.6) is 0 Å². The van der Waals surface area contributed by atoms with E-state index in [9.17, 15) is 34.5 Å². The minimum absolute atomic E-state index is 0.0465. The van der Waals surface area contributed by atoms with Crippen molar-refractivity contribution in [3.8, 4) is 0 Å². The smallest absolute Gasteiger partial charge is 0.335 e. The molecular weight excluding hydrogens is 925 g/mol. The second-order valence-corrected chi connectivity index (χ2v) is 20.3. The molecule has 0 radical (unpaired) electrons. The summed E-state index contributed by atoms with van der Waals surface area (Å²) in [5.41, 5.74) is 0. The van der Waals surface area contributed by atoms with Crippen LogP contribution in [0.4, 0.5) is 0 Å². The number of aliphatic hydroxyl groups is 2. The molecule has 0 spiro atoms. The van der Waals surface area contributed by atoms with Gasteiger partial charge in [0.25, 0.3) is 0 Å². The van der Waals surface area contributed by atoms with Gasteiger partial charge in [-0.05, 0) is 57.8 Å². The number of hydrogen-bond donors (Lipinski definition) is 3. The predicted octanol–water partition coefficient (Wildman–Crippen LogP) is 15.0. The third kappa shape index (κ3) is 39.7. The molecule has 0 saturated carbocycles. The first kappa shape index (κ1) is 67.7. The fraction of sp³-hybridized carbons (Fsp3) is 0.803. The van der Waals surface area contributed by atoms with Gasteiger partial charge in [-0.1, -0.05) is 236 Å². The number of aliphatic carboxylic acids is 1.